The highest BCUT2D eigenvalue weighted by molar-refractivity contribution is 9.13. The molecule has 4 N–H and O–H groups in total. The number of phenolic OH excluding ortho intramolecular Hbond substituents is 2. The van der Waals surface area contributed by atoms with Crippen LogP contribution >= 0.6 is 44.1 Å². The molecule has 0 fully saturated rings. The molecular weight excluding hydrogens is 586 g/mol. The molecule has 4 rings (SSSR count). The van der Waals surface area contributed by atoms with Crippen molar-refractivity contribution in [1.29, 1.82) is 0 Å². The number of hydrogen-bond acceptors (Lipinski definition) is 6. The minimum Gasteiger partial charge on any atom is -0.504 e. The predicted octanol–water partition coefficient (Wildman–Crippen LogP) is 6.21. The van der Waals surface area contributed by atoms with Crippen molar-refractivity contribution in [1.82, 2.24) is 5.01 Å². The summed E-state index contributed by atoms with van der Waals surface area (Å²) >= 11 is 12.0. The summed E-state index contributed by atoms with van der Waals surface area (Å²) in [5, 5.41) is 26.4. The maximum Gasteiger partial charge on any atom is 0.187 e. The lowest BCUT2D eigenvalue weighted by Gasteiger charge is -2.23. The highest BCUT2D eigenvalue weighted by atomic mass is 79.9. The Hall–Kier alpha value is -2.82. The van der Waals surface area contributed by atoms with Gasteiger partial charge in [0.15, 0.2) is 16.6 Å². The topological polar surface area (TPSA) is 101 Å². The van der Waals surface area contributed by atoms with Gasteiger partial charge < -0.3 is 25.4 Å². The summed E-state index contributed by atoms with van der Waals surface area (Å²) in [6.07, 6.45) is 0.492. The first-order valence-electron chi connectivity index (χ1n) is 10.4. The van der Waals surface area contributed by atoms with Crippen LogP contribution in [0.25, 0.3) is 0 Å². The van der Waals surface area contributed by atoms with E-state index in [2.05, 4.69) is 37.0 Å². The molecule has 0 saturated heterocycles. The summed E-state index contributed by atoms with van der Waals surface area (Å²) in [4.78, 5) is 0. The van der Waals surface area contributed by atoms with Crippen molar-refractivity contribution in [3.05, 3.63) is 74.7 Å². The van der Waals surface area contributed by atoms with Crippen molar-refractivity contribution in [2.24, 2.45) is 10.8 Å². The van der Waals surface area contributed by atoms with Gasteiger partial charge in [0.25, 0.3) is 0 Å². The molecule has 0 bridgehead atoms. The smallest absolute Gasteiger partial charge is 0.187 e. The number of rotatable bonds is 6. The first kappa shape index (κ1) is 24.3. The average molecular weight is 607 g/mol. The number of hydrazone groups is 1. The zero-order valence-electron chi connectivity index (χ0n) is 18.0. The maximum absolute atomic E-state index is 10.1. The predicted molar refractivity (Wildman–Crippen MR) is 142 cm³/mol. The molecule has 1 atom stereocenters. The molecule has 176 valence electrons. The van der Waals surface area contributed by atoms with Gasteiger partial charge >= 0.3 is 0 Å². The van der Waals surface area contributed by atoms with E-state index in [1.54, 1.807) is 0 Å². The molecule has 0 amide bonds. The Morgan fingerprint density at radius 2 is 1.65 bits per heavy atom. The molecule has 0 aliphatic carbocycles. The van der Waals surface area contributed by atoms with E-state index in [0.29, 0.717) is 39.0 Å². The number of nitrogens with two attached hydrogens (primary N) is 1. The van der Waals surface area contributed by atoms with Crippen LogP contribution in [0, 0.1) is 0 Å². The van der Waals surface area contributed by atoms with Gasteiger partial charge in [-0.25, -0.2) is 5.01 Å². The summed E-state index contributed by atoms with van der Waals surface area (Å²) in [5.41, 5.74) is 8.30. The molecule has 34 heavy (non-hydrogen) atoms. The van der Waals surface area contributed by atoms with Gasteiger partial charge in [-0.05, 0) is 117 Å². The summed E-state index contributed by atoms with van der Waals surface area (Å²) in [6.45, 7) is 2.55. The molecule has 1 heterocycles. The lowest BCUT2D eigenvalue weighted by Crippen LogP contribution is -2.31. The van der Waals surface area contributed by atoms with Crippen molar-refractivity contribution >= 4 is 54.9 Å². The molecular formula is C24H21Br2N3O4S. The highest BCUT2D eigenvalue weighted by Gasteiger charge is 2.33. The fraction of sp³-hybridized carbons (Fsp3) is 0.167. The van der Waals surface area contributed by atoms with Crippen molar-refractivity contribution in [3.8, 4) is 28.7 Å². The van der Waals surface area contributed by atoms with Crippen LogP contribution in [0.4, 0.5) is 0 Å². The van der Waals surface area contributed by atoms with Crippen LogP contribution in [-0.2, 0) is 0 Å². The average Bonchev–Trinajstić information content (AvgIpc) is 3.28. The van der Waals surface area contributed by atoms with Crippen LogP contribution in [-0.4, -0.2) is 32.7 Å². The number of aromatic hydroxyl groups is 2. The number of nitrogens with zero attached hydrogens (tertiary/aromatic N) is 2. The summed E-state index contributed by atoms with van der Waals surface area (Å²) in [5.74, 6) is 1.68. The minimum absolute atomic E-state index is 0.103. The standard InChI is InChI=1S/C24H21Br2N3O4S/c1-2-32-14-7-9-16(10-8-14)33-15-5-3-13(4-6-15)18-12-19(29(28-18)24(27)34)17-11-20(30)23(31)22(26)21(17)25/h3-11,19,30-31H,2,12H2,1H3,(H2,27,34). The quantitative estimate of drug-likeness (QED) is 0.227. The van der Waals surface area contributed by atoms with Gasteiger partial charge in [-0.1, -0.05) is 0 Å². The molecule has 10 heteroatoms. The van der Waals surface area contributed by atoms with Crippen molar-refractivity contribution < 1.29 is 19.7 Å². The summed E-state index contributed by atoms with van der Waals surface area (Å²) < 4.78 is 12.3. The Kier molecular flexibility index (Phi) is 7.30. The molecule has 7 nitrogen and oxygen atoms in total. The van der Waals surface area contributed by atoms with E-state index < -0.39 is 0 Å². The molecule has 0 radical (unpaired) electrons. The second kappa shape index (κ2) is 10.2. The van der Waals surface area contributed by atoms with Crippen LogP contribution < -0.4 is 15.2 Å². The van der Waals surface area contributed by atoms with Crippen molar-refractivity contribution in [2.45, 2.75) is 19.4 Å². The fourth-order valence-corrected chi connectivity index (χ4v) is 4.78. The third-order valence-corrected chi connectivity index (χ3v) is 7.59. The third kappa shape index (κ3) is 4.98. The number of benzene rings is 3. The van der Waals surface area contributed by atoms with Gasteiger partial charge in [0.1, 0.15) is 17.2 Å². The van der Waals surface area contributed by atoms with Gasteiger partial charge in [-0.3, -0.25) is 0 Å². The molecule has 3 aromatic carbocycles. The van der Waals surface area contributed by atoms with Gasteiger partial charge in [-0.15, -0.1) is 0 Å². The van der Waals surface area contributed by atoms with E-state index in [-0.39, 0.29) is 22.7 Å². The molecule has 1 aliphatic rings. The Morgan fingerprint density at radius 3 is 2.24 bits per heavy atom. The Morgan fingerprint density at radius 1 is 1.06 bits per heavy atom. The second-order valence-corrected chi connectivity index (χ2v) is 9.45. The molecule has 0 spiro atoms. The van der Waals surface area contributed by atoms with Gasteiger partial charge in [0.05, 0.1) is 22.8 Å². The van der Waals surface area contributed by atoms with Crippen LogP contribution in [0.1, 0.15) is 30.5 Å². The zero-order valence-corrected chi connectivity index (χ0v) is 22.0. The maximum atomic E-state index is 10.1. The van der Waals surface area contributed by atoms with Crippen LogP contribution in [0.3, 0.4) is 0 Å². The molecule has 0 aromatic heterocycles. The fourth-order valence-electron chi connectivity index (χ4n) is 3.62. The van der Waals surface area contributed by atoms with E-state index in [9.17, 15) is 10.2 Å². The Balaban J connectivity index is 1.54. The number of thiocarbonyl (C=S) groups is 1. The minimum atomic E-state index is -0.357. The lowest BCUT2D eigenvalue weighted by molar-refractivity contribution is 0.339. The Bertz CT molecular complexity index is 1250. The van der Waals surface area contributed by atoms with E-state index in [1.165, 1.54) is 11.1 Å². The first-order valence-corrected chi connectivity index (χ1v) is 12.3. The SMILES string of the molecule is CCOc1ccc(Oc2ccc(C3=NN(C(N)=S)C(c4cc(O)c(O)c(Br)c4Br)C3)cc2)cc1. The van der Waals surface area contributed by atoms with Crippen molar-refractivity contribution in [2.75, 3.05) is 6.61 Å². The molecule has 3 aromatic rings. The third-order valence-electron chi connectivity index (χ3n) is 5.24. The first-order chi connectivity index (χ1) is 16.3. The van der Waals surface area contributed by atoms with Crippen LogP contribution in [0.2, 0.25) is 0 Å². The normalized spacial score (nSPS) is 15.2. The Labute approximate surface area is 219 Å². The van der Waals surface area contributed by atoms with Gasteiger partial charge in [0.2, 0.25) is 0 Å². The number of ether oxygens (including phenoxy) is 2. The van der Waals surface area contributed by atoms with E-state index in [4.69, 9.17) is 27.4 Å². The molecule has 0 saturated carbocycles. The highest BCUT2D eigenvalue weighted by Crippen LogP contribution is 2.46. The number of halogens is 2. The largest absolute Gasteiger partial charge is 0.504 e. The molecule has 1 unspecified atom stereocenters. The van der Waals surface area contributed by atoms with Gasteiger partial charge in [-0.2, -0.15) is 5.10 Å². The van der Waals surface area contributed by atoms with Gasteiger partial charge in [0, 0.05) is 10.9 Å². The second-order valence-electron chi connectivity index (χ2n) is 7.44. The van der Waals surface area contributed by atoms with Crippen molar-refractivity contribution in [3.63, 3.8) is 0 Å². The monoisotopic (exact) mass is 605 g/mol. The summed E-state index contributed by atoms with van der Waals surface area (Å²) in [7, 11) is 0. The van der Waals surface area contributed by atoms with Crippen LogP contribution in [0.15, 0.2) is 68.6 Å². The van der Waals surface area contributed by atoms with E-state index in [0.717, 1.165) is 17.0 Å². The van der Waals surface area contributed by atoms with E-state index in [1.807, 2.05) is 55.5 Å². The van der Waals surface area contributed by atoms with E-state index >= 15 is 0 Å². The zero-order chi connectivity index (χ0) is 24.4. The van der Waals surface area contributed by atoms with Crippen LogP contribution in [0.5, 0.6) is 28.7 Å². The number of phenols is 2. The lowest BCUT2D eigenvalue weighted by atomic mass is 9.98. The number of hydrogen-bond donors (Lipinski definition) is 3. The molecule has 1 aliphatic heterocycles. The summed E-state index contributed by atoms with van der Waals surface area (Å²) in [6, 6.07) is 16.1.